The van der Waals surface area contributed by atoms with Crippen molar-refractivity contribution < 1.29 is 53.9 Å². The van der Waals surface area contributed by atoms with Crippen LogP contribution in [0.3, 0.4) is 0 Å². The summed E-state index contributed by atoms with van der Waals surface area (Å²) < 4.78 is 99.1. The van der Waals surface area contributed by atoms with Crippen molar-refractivity contribution in [2.75, 3.05) is 6.26 Å². The molecule has 0 unspecified atom stereocenters. The summed E-state index contributed by atoms with van der Waals surface area (Å²) in [6.45, 7) is 19.9. The predicted octanol–water partition coefficient (Wildman–Crippen LogP) is 19.5. The molecule has 0 aliphatic heterocycles. The van der Waals surface area contributed by atoms with Crippen LogP contribution < -0.4 is 28.4 Å². The Bertz CT molecular complexity index is 6080. The van der Waals surface area contributed by atoms with Crippen molar-refractivity contribution in [2.24, 2.45) is 0 Å². The van der Waals surface area contributed by atoms with E-state index in [0.717, 1.165) is 109 Å². The van der Waals surface area contributed by atoms with E-state index < -0.39 is 20.0 Å². The minimum absolute atomic E-state index is 0.000365. The van der Waals surface area contributed by atoms with Crippen molar-refractivity contribution in [1.29, 1.82) is 21.0 Å². The van der Waals surface area contributed by atoms with Crippen LogP contribution in [0.4, 0.5) is 0 Å². The third-order valence-corrected chi connectivity index (χ3v) is 24.4. The van der Waals surface area contributed by atoms with Crippen LogP contribution in [-0.2, 0) is 45.7 Å². The molecule has 4 atom stereocenters. The summed E-state index contributed by atoms with van der Waals surface area (Å²) >= 11 is 0. The number of benzene rings is 8. The Morgan fingerprint density at radius 3 is 0.910 bits per heavy atom. The van der Waals surface area contributed by atoms with Gasteiger partial charge in [0.25, 0.3) is 23.6 Å². The summed E-state index contributed by atoms with van der Waals surface area (Å²) in [6, 6.07) is 53.5. The number of nitrogens with zero attached hydrogens (tertiary/aromatic N) is 12. The van der Waals surface area contributed by atoms with Gasteiger partial charge >= 0.3 is 0 Å². The van der Waals surface area contributed by atoms with Crippen LogP contribution in [-0.4, -0.2) is 93.3 Å². The molecular formula is C94H96N14O12S2. The van der Waals surface area contributed by atoms with Gasteiger partial charge in [-0.05, 0) is 274 Å². The summed E-state index contributed by atoms with van der Waals surface area (Å²) in [6.07, 6.45) is 14.3. The molecule has 5 aliphatic carbocycles. The summed E-state index contributed by atoms with van der Waals surface area (Å²) in [5.41, 5.74) is 17.5. The monoisotopic (exact) mass is 1680 g/mol. The number of aromatic nitrogens is 8. The van der Waals surface area contributed by atoms with Gasteiger partial charge in [0.1, 0.15) is 47.3 Å². The summed E-state index contributed by atoms with van der Waals surface area (Å²) in [5, 5.41) is 54.4. The molecule has 1 saturated carbocycles. The molecule has 4 heterocycles. The first-order valence-electron chi connectivity index (χ1n) is 41.4. The molecule has 0 bridgehead atoms. The van der Waals surface area contributed by atoms with E-state index in [4.69, 9.17) is 37.0 Å². The summed E-state index contributed by atoms with van der Waals surface area (Å²) in [4.78, 5) is 18.4. The first-order valence-corrected chi connectivity index (χ1v) is 44.8. The lowest BCUT2D eigenvalue weighted by Crippen LogP contribution is -2.33. The molecule has 5 aliphatic rings. The molecule has 8 aromatic carbocycles. The highest BCUT2D eigenvalue weighted by Crippen LogP contribution is 2.44. The second kappa shape index (κ2) is 37.5. The lowest BCUT2D eigenvalue weighted by molar-refractivity contribution is 0.241. The van der Waals surface area contributed by atoms with Crippen LogP contribution in [0, 0.1) is 45.3 Å². The average Bonchev–Trinajstić information content (AvgIpc) is 1.34. The van der Waals surface area contributed by atoms with Gasteiger partial charge in [-0.3, -0.25) is 0 Å². The van der Waals surface area contributed by atoms with Crippen LogP contribution in [0.15, 0.2) is 164 Å². The zero-order chi connectivity index (χ0) is 86.1. The molecule has 26 nitrogen and oxygen atoms in total. The molecule has 626 valence electrons. The number of ether oxygens (including phenoxy) is 4. The molecule has 0 spiro atoms. The fourth-order valence-electron chi connectivity index (χ4n) is 16.1. The maximum atomic E-state index is 12.5. The van der Waals surface area contributed by atoms with E-state index in [1.165, 1.54) is 54.2 Å². The normalized spacial score (nSPS) is 16.5. The highest BCUT2D eigenvalue weighted by Gasteiger charge is 2.39. The predicted molar refractivity (Wildman–Crippen MR) is 460 cm³/mol. The number of hydrogen-bond donors (Lipinski definition) is 2. The molecule has 17 rings (SSSR count). The SMILES string of the molecule is CC(C)Oc1ccc(-c2nc(-c3cccc4c3CCC[C@@H]4C)no2)cc1C#N.CC(C)Oc1ccc(-c2nc(-c3cccc4c3CCC[C@@H]4NS(C)(=O)=O)no2)cc1C#N.CC(C)Oc1ccc(-c2nc(-c3cccc4c3CCC[C@H]4C)no2)cc1C#N.CC(C)Oc1ccc(-c2nc(-c3cccc4c3CCC[C@H]4NS(=O)(=O)C3CC3)no2)cc1C#N. The Labute approximate surface area is 710 Å². The average molecular weight is 1680 g/mol. The molecule has 0 radical (unpaired) electrons. The van der Waals surface area contributed by atoms with Gasteiger partial charge in [-0.15, -0.1) is 0 Å². The van der Waals surface area contributed by atoms with Gasteiger partial charge in [-0.1, -0.05) is 107 Å². The van der Waals surface area contributed by atoms with E-state index in [1.807, 2.05) is 104 Å². The second-order valence-electron chi connectivity index (χ2n) is 32.4. The molecule has 12 aromatic rings. The maximum Gasteiger partial charge on any atom is 0.258 e. The van der Waals surface area contributed by atoms with Crippen molar-refractivity contribution >= 4 is 20.0 Å². The van der Waals surface area contributed by atoms with Gasteiger partial charge in [0.05, 0.1) is 58.2 Å². The minimum atomic E-state index is -3.33. The molecular weight excluding hydrogens is 1580 g/mol. The van der Waals surface area contributed by atoms with Gasteiger partial charge < -0.3 is 37.0 Å². The van der Waals surface area contributed by atoms with E-state index in [-0.39, 0.29) is 41.7 Å². The van der Waals surface area contributed by atoms with Crippen molar-refractivity contribution in [3.05, 3.63) is 212 Å². The van der Waals surface area contributed by atoms with E-state index in [9.17, 15) is 37.9 Å². The topological polar surface area (TPSA) is 380 Å². The van der Waals surface area contributed by atoms with Crippen LogP contribution in [0.5, 0.6) is 23.0 Å². The number of rotatable bonds is 21. The number of hydrogen-bond acceptors (Lipinski definition) is 24. The standard InChI is InChI=1S/C25H26N4O4S.C23H24N4O4S.2C23H23N3O2/c1-15(2)32-23-12-9-16(13-17(23)14-26)25-27-24(28-33-25)21-7-3-6-20-19(21)5-4-8-22(20)29-34(30,31)18-10-11-18;1-14(2)30-21-11-10-15(12-16(21)13-24)23-25-22(26-31-23)19-8-4-7-18-17(19)6-5-9-20(18)27-32(3,28)29;2*1-14(2)27-21-11-10-16(12-17(21)13-24)23-25-22(26-28-23)20-9-5-7-18-15(3)6-4-8-19(18)20/h3,6-7,9,12-13,15,18,22,29H,4-5,8,10-11H2,1-2H3;4,7-8,10-12,14,20,27H,5-6,9H2,1-3H3;2*5,7,9-12,14-15H,4,6,8H2,1-3H3/t22-;20-;2*15-/m1010/s1. The zero-order valence-corrected chi connectivity index (χ0v) is 71.7. The Kier molecular flexibility index (Phi) is 26.4. The first kappa shape index (κ1) is 85.7. The number of fused-ring (bicyclic) bond motifs is 4. The number of nitrogens with one attached hydrogen (secondary N) is 2. The molecule has 122 heavy (non-hydrogen) atoms. The lowest BCUT2D eigenvalue weighted by Gasteiger charge is -2.27. The molecule has 2 N–H and O–H groups in total. The van der Waals surface area contributed by atoms with Gasteiger partial charge in [-0.25, -0.2) is 26.3 Å². The van der Waals surface area contributed by atoms with E-state index in [2.05, 4.69) is 125 Å². The Morgan fingerprint density at radius 1 is 0.369 bits per heavy atom. The van der Waals surface area contributed by atoms with E-state index in [1.54, 1.807) is 60.7 Å². The van der Waals surface area contributed by atoms with E-state index >= 15 is 0 Å². The van der Waals surface area contributed by atoms with Crippen LogP contribution >= 0.6 is 0 Å². The summed E-state index contributed by atoms with van der Waals surface area (Å²) in [5.74, 6) is 6.75. The Hall–Kier alpha value is -12.7. The Balaban J connectivity index is 0.000000133. The van der Waals surface area contributed by atoms with Gasteiger partial charge in [0, 0.05) is 56.6 Å². The van der Waals surface area contributed by atoms with Crippen LogP contribution in [0.25, 0.3) is 91.4 Å². The van der Waals surface area contributed by atoms with Gasteiger partial charge in [-0.2, -0.15) is 41.0 Å². The first-order chi connectivity index (χ1) is 58.7. The maximum absolute atomic E-state index is 12.5. The number of nitriles is 4. The lowest BCUT2D eigenvalue weighted by atomic mass is 9.81. The Morgan fingerprint density at radius 2 is 0.639 bits per heavy atom. The third-order valence-electron chi connectivity index (χ3n) is 21.8. The van der Waals surface area contributed by atoms with E-state index in [0.29, 0.717) is 126 Å². The largest absolute Gasteiger partial charge is 0.490 e. The highest BCUT2D eigenvalue weighted by molar-refractivity contribution is 7.90. The molecule has 28 heteroatoms. The zero-order valence-electron chi connectivity index (χ0n) is 70.0. The van der Waals surface area contributed by atoms with Crippen molar-refractivity contribution in [1.82, 2.24) is 50.0 Å². The third kappa shape index (κ3) is 20.0. The van der Waals surface area contributed by atoms with Crippen molar-refractivity contribution in [2.45, 2.75) is 213 Å². The fourth-order valence-corrected chi connectivity index (χ4v) is 18.5. The molecule has 4 aromatic heterocycles. The van der Waals surface area contributed by atoms with Crippen LogP contribution in [0.1, 0.15) is 224 Å². The smallest absolute Gasteiger partial charge is 0.258 e. The van der Waals surface area contributed by atoms with Crippen LogP contribution in [0.2, 0.25) is 0 Å². The van der Waals surface area contributed by atoms with Crippen molar-refractivity contribution in [3.8, 4) is 139 Å². The second-order valence-corrected chi connectivity index (χ2v) is 36.1. The molecule has 0 amide bonds. The van der Waals surface area contributed by atoms with Gasteiger partial charge in [0.15, 0.2) is 0 Å². The fraction of sp³-hybridized carbons (Fsp3) is 0.362. The highest BCUT2D eigenvalue weighted by atomic mass is 32.2. The van der Waals surface area contributed by atoms with Crippen molar-refractivity contribution in [3.63, 3.8) is 0 Å². The van der Waals surface area contributed by atoms with Gasteiger partial charge in [0.2, 0.25) is 43.3 Å². The quantitative estimate of drug-likeness (QED) is 0.0674. The molecule has 1 fully saturated rings. The minimum Gasteiger partial charge on any atom is -0.490 e. The number of sulfonamides is 2. The summed E-state index contributed by atoms with van der Waals surface area (Å²) in [7, 11) is -6.62. The molecule has 0 saturated heterocycles.